The summed E-state index contributed by atoms with van der Waals surface area (Å²) < 4.78 is 5.75. The van der Waals surface area contributed by atoms with Crippen molar-refractivity contribution in [1.29, 1.82) is 0 Å². The first kappa shape index (κ1) is 19.2. The molecule has 142 valence electrons. The first-order chi connectivity index (χ1) is 13.5. The molecule has 0 saturated carbocycles. The van der Waals surface area contributed by atoms with Crippen LogP contribution in [0.5, 0.6) is 5.75 Å². The zero-order valence-electron chi connectivity index (χ0n) is 15.9. The highest BCUT2D eigenvalue weighted by Crippen LogP contribution is 2.29. The highest BCUT2D eigenvalue weighted by Gasteiger charge is 2.10. The van der Waals surface area contributed by atoms with Crippen LogP contribution >= 0.6 is 0 Å². The van der Waals surface area contributed by atoms with E-state index in [1.54, 1.807) is 38.4 Å². The normalized spacial score (nSPS) is 10.2. The number of rotatable bonds is 6. The third kappa shape index (κ3) is 4.76. The van der Waals surface area contributed by atoms with Crippen LogP contribution in [0.2, 0.25) is 0 Å². The summed E-state index contributed by atoms with van der Waals surface area (Å²) in [4.78, 5) is 25.7. The van der Waals surface area contributed by atoms with Gasteiger partial charge in [0.2, 0.25) is 0 Å². The molecule has 0 bridgehead atoms. The molecule has 3 aromatic carbocycles. The van der Waals surface area contributed by atoms with E-state index in [4.69, 9.17) is 4.74 Å². The third-order valence-electron chi connectivity index (χ3n) is 4.15. The van der Waals surface area contributed by atoms with E-state index in [1.165, 1.54) is 4.90 Å². The number of hydrogen-bond acceptors (Lipinski definition) is 3. The molecule has 28 heavy (non-hydrogen) atoms. The number of benzene rings is 3. The highest BCUT2D eigenvalue weighted by atomic mass is 16.5. The van der Waals surface area contributed by atoms with E-state index < -0.39 is 0 Å². The molecule has 2 amide bonds. The molecular formula is C23H22N2O3. The van der Waals surface area contributed by atoms with Gasteiger partial charge >= 0.3 is 0 Å². The molecule has 0 aromatic heterocycles. The number of nitrogens with one attached hydrogen (secondary N) is 1. The van der Waals surface area contributed by atoms with Crippen molar-refractivity contribution in [3.63, 3.8) is 0 Å². The molecule has 0 unspecified atom stereocenters. The number of anilines is 1. The average molecular weight is 374 g/mol. The first-order valence-corrected chi connectivity index (χ1v) is 8.93. The van der Waals surface area contributed by atoms with E-state index in [0.29, 0.717) is 17.0 Å². The maximum absolute atomic E-state index is 12.2. The van der Waals surface area contributed by atoms with Gasteiger partial charge in [-0.05, 0) is 35.9 Å². The predicted octanol–water partition coefficient (Wildman–Crippen LogP) is 4.07. The van der Waals surface area contributed by atoms with Gasteiger partial charge in [-0.15, -0.1) is 0 Å². The van der Waals surface area contributed by atoms with Gasteiger partial charge in [0.25, 0.3) is 11.8 Å². The van der Waals surface area contributed by atoms with Gasteiger partial charge in [0, 0.05) is 30.9 Å². The molecule has 0 aliphatic rings. The summed E-state index contributed by atoms with van der Waals surface area (Å²) in [7, 11) is 3.39. The predicted molar refractivity (Wildman–Crippen MR) is 110 cm³/mol. The molecule has 0 atom stereocenters. The van der Waals surface area contributed by atoms with Crippen LogP contribution in [-0.2, 0) is 4.79 Å². The Balaban J connectivity index is 1.62. The lowest BCUT2D eigenvalue weighted by Gasteiger charge is -2.13. The monoisotopic (exact) mass is 374 g/mol. The molecule has 0 radical (unpaired) electrons. The molecule has 1 N–H and O–H groups in total. The van der Waals surface area contributed by atoms with Crippen molar-refractivity contribution in [3.05, 3.63) is 84.4 Å². The largest absolute Gasteiger partial charge is 0.483 e. The summed E-state index contributed by atoms with van der Waals surface area (Å²) in [5, 5.41) is 2.78. The number of carbonyl (C=O) groups is 2. The maximum atomic E-state index is 12.2. The fourth-order valence-corrected chi connectivity index (χ4v) is 2.74. The van der Waals surface area contributed by atoms with Crippen LogP contribution in [-0.4, -0.2) is 37.4 Å². The van der Waals surface area contributed by atoms with Crippen LogP contribution in [0.25, 0.3) is 11.1 Å². The van der Waals surface area contributed by atoms with Gasteiger partial charge in [-0.25, -0.2) is 0 Å². The lowest BCUT2D eigenvalue weighted by molar-refractivity contribution is -0.118. The van der Waals surface area contributed by atoms with E-state index >= 15 is 0 Å². The summed E-state index contributed by atoms with van der Waals surface area (Å²) in [5.41, 5.74) is 3.14. The zero-order valence-corrected chi connectivity index (χ0v) is 15.9. The molecule has 0 saturated heterocycles. The Morgan fingerprint density at radius 3 is 2.18 bits per heavy atom. The molecule has 3 rings (SSSR count). The van der Waals surface area contributed by atoms with Crippen molar-refractivity contribution < 1.29 is 14.3 Å². The summed E-state index contributed by atoms with van der Waals surface area (Å²) in [6, 6.07) is 24.3. The second kappa shape index (κ2) is 8.86. The standard InChI is InChI=1S/C23H22N2O3/c1-25(2)23(27)18-12-14-19(15-13-18)24-22(26)16-28-21-11-7-6-10-20(21)17-8-4-3-5-9-17/h3-15H,16H2,1-2H3,(H,24,26). The Kier molecular flexibility index (Phi) is 6.07. The molecule has 0 heterocycles. The SMILES string of the molecule is CN(C)C(=O)c1ccc(NC(=O)COc2ccccc2-c2ccccc2)cc1. The summed E-state index contributed by atoms with van der Waals surface area (Å²) in [5.74, 6) is 0.295. The fraction of sp³-hybridized carbons (Fsp3) is 0.130. The van der Waals surface area contributed by atoms with Crippen molar-refractivity contribution >= 4 is 17.5 Å². The Bertz CT molecular complexity index is 951. The number of hydrogen-bond donors (Lipinski definition) is 1. The van der Waals surface area contributed by atoms with Crippen LogP contribution in [0.1, 0.15) is 10.4 Å². The van der Waals surface area contributed by atoms with Gasteiger partial charge in [-0.1, -0.05) is 48.5 Å². The van der Waals surface area contributed by atoms with E-state index in [-0.39, 0.29) is 18.4 Å². The van der Waals surface area contributed by atoms with Gasteiger partial charge in [0.1, 0.15) is 5.75 Å². The van der Waals surface area contributed by atoms with Crippen LogP contribution in [0.15, 0.2) is 78.9 Å². The van der Waals surface area contributed by atoms with Crippen molar-refractivity contribution in [3.8, 4) is 16.9 Å². The average Bonchev–Trinajstić information content (AvgIpc) is 2.73. The van der Waals surface area contributed by atoms with E-state index in [2.05, 4.69) is 5.32 Å². The minimum atomic E-state index is -0.269. The maximum Gasteiger partial charge on any atom is 0.262 e. The van der Waals surface area contributed by atoms with Crippen LogP contribution in [0.3, 0.4) is 0 Å². The Morgan fingerprint density at radius 1 is 0.857 bits per heavy atom. The van der Waals surface area contributed by atoms with E-state index in [1.807, 2.05) is 54.6 Å². The van der Waals surface area contributed by atoms with E-state index in [0.717, 1.165) is 11.1 Å². The minimum Gasteiger partial charge on any atom is -0.483 e. The Hall–Kier alpha value is -3.60. The van der Waals surface area contributed by atoms with Gasteiger partial charge < -0.3 is 15.0 Å². The smallest absolute Gasteiger partial charge is 0.262 e. The quantitative estimate of drug-likeness (QED) is 0.707. The van der Waals surface area contributed by atoms with Gasteiger partial charge in [-0.3, -0.25) is 9.59 Å². The zero-order chi connectivity index (χ0) is 19.9. The topological polar surface area (TPSA) is 58.6 Å². The number of nitrogens with zero attached hydrogens (tertiary/aromatic N) is 1. The Labute approximate surface area is 164 Å². The third-order valence-corrected chi connectivity index (χ3v) is 4.15. The van der Waals surface area contributed by atoms with Gasteiger partial charge in [-0.2, -0.15) is 0 Å². The molecule has 0 aliphatic heterocycles. The molecule has 0 spiro atoms. The molecular weight excluding hydrogens is 352 g/mol. The molecule has 5 nitrogen and oxygen atoms in total. The van der Waals surface area contributed by atoms with Crippen LogP contribution in [0, 0.1) is 0 Å². The number of amides is 2. The summed E-state index contributed by atoms with van der Waals surface area (Å²) in [6.07, 6.45) is 0. The number of ether oxygens (including phenoxy) is 1. The number of para-hydroxylation sites is 1. The van der Waals surface area contributed by atoms with E-state index in [9.17, 15) is 9.59 Å². The highest BCUT2D eigenvalue weighted by molar-refractivity contribution is 5.95. The fourth-order valence-electron chi connectivity index (χ4n) is 2.74. The van der Waals surface area contributed by atoms with Gasteiger partial charge in [0.05, 0.1) is 0 Å². The second-order valence-corrected chi connectivity index (χ2v) is 6.48. The first-order valence-electron chi connectivity index (χ1n) is 8.93. The molecule has 0 aliphatic carbocycles. The lowest BCUT2D eigenvalue weighted by atomic mass is 10.1. The van der Waals surface area contributed by atoms with Crippen LogP contribution in [0.4, 0.5) is 5.69 Å². The van der Waals surface area contributed by atoms with Crippen molar-refractivity contribution in [2.45, 2.75) is 0 Å². The van der Waals surface area contributed by atoms with Crippen molar-refractivity contribution in [2.75, 3.05) is 26.0 Å². The van der Waals surface area contributed by atoms with Gasteiger partial charge in [0.15, 0.2) is 6.61 Å². The lowest BCUT2D eigenvalue weighted by Crippen LogP contribution is -2.22. The second-order valence-electron chi connectivity index (χ2n) is 6.48. The van der Waals surface area contributed by atoms with Crippen molar-refractivity contribution in [2.24, 2.45) is 0 Å². The molecule has 5 heteroatoms. The summed E-state index contributed by atoms with van der Waals surface area (Å²) >= 11 is 0. The van der Waals surface area contributed by atoms with Crippen LogP contribution < -0.4 is 10.1 Å². The molecule has 3 aromatic rings. The minimum absolute atomic E-state index is 0.0845. The number of carbonyl (C=O) groups excluding carboxylic acids is 2. The molecule has 0 fully saturated rings. The van der Waals surface area contributed by atoms with Crippen molar-refractivity contribution in [1.82, 2.24) is 4.90 Å². The summed E-state index contributed by atoms with van der Waals surface area (Å²) in [6.45, 7) is -0.109. The Morgan fingerprint density at radius 2 is 1.50 bits per heavy atom.